The van der Waals surface area contributed by atoms with E-state index in [2.05, 4.69) is 57.7 Å². The second-order valence-electron chi connectivity index (χ2n) is 9.32. The van der Waals surface area contributed by atoms with E-state index < -0.39 is 0 Å². The first-order valence-corrected chi connectivity index (χ1v) is 12.3. The molecule has 1 saturated heterocycles. The van der Waals surface area contributed by atoms with E-state index in [-0.39, 0.29) is 0 Å². The van der Waals surface area contributed by atoms with Gasteiger partial charge in [0.15, 0.2) is 5.96 Å². The Morgan fingerprint density at radius 3 is 2.70 bits per heavy atom. The third-order valence-electron chi connectivity index (χ3n) is 7.21. The molecule has 2 heterocycles. The van der Waals surface area contributed by atoms with Crippen molar-refractivity contribution in [2.75, 3.05) is 31.6 Å². The second-order valence-corrected chi connectivity index (χ2v) is 9.32. The van der Waals surface area contributed by atoms with E-state index in [1.54, 1.807) is 0 Å². The molecule has 1 N–H and O–H groups in total. The quantitative estimate of drug-likeness (QED) is 0.509. The Balaban J connectivity index is 1.26. The molecule has 1 atom stereocenters. The van der Waals surface area contributed by atoms with Gasteiger partial charge in [0, 0.05) is 56.8 Å². The van der Waals surface area contributed by atoms with Crippen molar-refractivity contribution in [1.82, 2.24) is 10.2 Å². The molecule has 1 saturated carbocycles. The van der Waals surface area contributed by atoms with Crippen LogP contribution in [-0.2, 0) is 11.3 Å². The molecule has 2 aliphatic heterocycles. The van der Waals surface area contributed by atoms with Gasteiger partial charge in [0.1, 0.15) is 5.75 Å². The monoisotopic (exact) mass is 446 g/mol. The van der Waals surface area contributed by atoms with E-state index >= 15 is 0 Å². The molecule has 0 bridgehead atoms. The summed E-state index contributed by atoms with van der Waals surface area (Å²) >= 11 is 0. The summed E-state index contributed by atoms with van der Waals surface area (Å²) < 4.78 is 6.21. The fourth-order valence-corrected chi connectivity index (χ4v) is 5.10. The second kappa shape index (κ2) is 9.86. The van der Waals surface area contributed by atoms with Gasteiger partial charge >= 0.3 is 0 Å². The molecule has 1 amide bonds. The number of para-hydroxylation sites is 2. The lowest BCUT2D eigenvalue weighted by atomic mass is 9.96. The molecule has 2 aromatic carbocycles. The average Bonchev–Trinajstić information content (AvgIpc) is 3.39. The van der Waals surface area contributed by atoms with Crippen molar-refractivity contribution in [3.05, 3.63) is 59.7 Å². The van der Waals surface area contributed by atoms with Crippen LogP contribution in [0.5, 0.6) is 5.75 Å². The number of rotatable bonds is 7. The number of ether oxygens (including phenoxy) is 1. The Bertz CT molecular complexity index is 1020. The minimum Gasteiger partial charge on any atom is -0.490 e. The number of nitrogens with one attached hydrogen (secondary N) is 1. The van der Waals surface area contributed by atoms with Gasteiger partial charge in [0.25, 0.3) is 0 Å². The summed E-state index contributed by atoms with van der Waals surface area (Å²) in [6.07, 6.45) is 6.61. The van der Waals surface area contributed by atoms with Gasteiger partial charge < -0.3 is 19.9 Å². The molecule has 3 aliphatic rings. The number of aliphatic imine (C=N–C) groups is 1. The fraction of sp³-hybridized carbons (Fsp3) is 0.481. The minimum atomic E-state index is 0.304. The van der Waals surface area contributed by atoms with Crippen LogP contribution in [0.25, 0.3) is 0 Å². The Hall–Kier alpha value is -3.02. The molecule has 174 valence electrons. The van der Waals surface area contributed by atoms with Gasteiger partial charge in [0.05, 0.1) is 6.10 Å². The van der Waals surface area contributed by atoms with Gasteiger partial charge in [-0.1, -0.05) is 36.4 Å². The van der Waals surface area contributed by atoms with Crippen molar-refractivity contribution in [1.29, 1.82) is 0 Å². The summed E-state index contributed by atoms with van der Waals surface area (Å²) in [5.74, 6) is 2.54. The van der Waals surface area contributed by atoms with Crippen molar-refractivity contribution >= 4 is 17.6 Å². The van der Waals surface area contributed by atoms with Crippen molar-refractivity contribution in [2.24, 2.45) is 4.99 Å². The van der Waals surface area contributed by atoms with Crippen LogP contribution in [-0.4, -0.2) is 49.6 Å². The van der Waals surface area contributed by atoms with Crippen LogP contribution in [0.2, 0.25) is 0 Å². The summed E-state index contributed by atoms with van der Waals surface area (Å²) in [5.41, 5.74) is 3.71. The normalized spacial score (nSPS) is 20.7. The molecule has 6 heteroatoms. The van der Waals surface area contributed by atoms with Gasteiger partial charge in [-0.25, -0.2) is 0 Å². The van der Waals surface area contributed by atoms with Crippen LogP contribution in [0.3, 0.4) is 0 Å². The number of likely N-dealkylation sites (tertiary alicyclic amines) is 1. The van der Waals surface area contributed by atoms with Crippen LogP contribution < -0.4 is 15.0 Å². The zero-order chi connectivity index (χ0) is 22.6. The van der Waals surface area contributed by atoms with Crippen LogP contribution in [0, 0.1) is 0 Å². The molecule has 5 rings (SSSR count). The molecule has 1 unspecified atom stereocenters. The van der Waals surface area contributed by atoms with E-state index in [9.17, 15) is 4.79 Å². The largest absolute Gasteiger partial charge is 0.490 e. The highest BCUT2D eigenvalue weighted by Gasteiger charge is 2.32. The molecule has 1 aliphatic carbocycles. The minimum absolute atomic E-state index is 0.304. The Morgan fingerprint density at radius 2 is 1.94 bits per heavy atom. The number of hydrogen-bond donors (Lipinski definition) is 1. The molecule has 0 spiro atoms. The number of benzene rings is 2. The van der Waals surface area contributed by atoms with Crippen molar-refractivity contribution in [3.63, 3.8) is 0 Å². The maximum Gasteiger partial charge on any atom is 0.222 e. The maximum atomic E-state index is 12.1. The van der Waals surface area contributed by atoms with Crippen LogP contribution >= 0.6 is 0 Å². The molecule has 0 radical (unpaired) electrons. The smallest absolute Gasteiger partial charge is 0.222 e. The molecular formula is C27H34N4O2. The van der Waals surface area contributed by atoms with E-state index in [1.807, 2.05) is 18.0 Å². The number of fused-ring (bicyclic) bond motifs is 1. The summed E-state index contributed by atoms with van der Waals surface area (Å²) in [6.45, 7) is 3.29. The highest BCUT2D eigenvalue weighted by molar-refractivity contribution is 5.98. The zero-order valence-electron chi connectivity index (χ0n) is 19.5. The predicted molar refractivity (Wildman–Crippen MR) is 132 cm³/mol. The van der Waals surface area contributed by atoms with Gasteiger partial charge in [-0.2, -0.15) is 0 Å². The highest BCUT2D eigenvalue weighted by Crippen LogP contribution is 2.38. The van der Waals surface area contributed by atoms with Gasteiger partial charge in [-0.15, -0.1) is 0 Å². The van der Waals surface area contributed by atoms with Crippen LogP contribution in [0.1, 0.15) is 55.6 Å². The number of hydrogen-bond acceptors (Lipinski definition) is 3. The van der Waals surface area contributed by atoms with Gasteiger partial charge in [-0.3, -0.25) is 9.79 Å². The lowest BCUT2D eigenvalue weighted by Gasteiger charge is -2.28. The number of amides is 1. The van der Waals surface area contributed by atoms with Crippen LogP contribution in [0.15, 0.2) is 53.5 Å². The molecular weight excluding hydrogens is 412 g/mol. The van der Waals surface area contributed by atoms with Crippen molar-refractivity contribution in [2.45, 2.75) is 57.1 Å². The maximum absolute atomic E-state index is 12.1. The highest BCUT2D eigenvalue weighted by atomic mass is 16.5. The third kappa shape index (κ3) is 4.70. The Labute approximate surface area is 196 Å². The van der Waals surface area contributed by atoms with Gasteiger partial charge in [0.2, 0.25) is 5.91 Å². The zero-order valence-corrected chi connectivity index (χ0v) is 19.5. The third-order valence-corrected chi connectivity index (χ3v) is 7.21. The average molecular weight is 447 g/mol. The van der Waals surface area contributed by atoms with Crippen molar-refractivity contribution < 1.29 is 9.53 Å². The van der Waals surface area contributed by atoms with E-state index in [4.69, 9.17) is 4.74 Å². The lowest BCUT2D eigenvalue weighted by Crippen LogP contribution is -2.41. The Kier molecular flexibility index (Phi) is 6.51. The molecule has 6 nitrogen and oxygen atoms in total. The predicted octanol–water partition coefficient (Wildman–Crippen LogP) is 4.31. The summed E-state index contributed by atoms with van der Waals surface area (Å²) in [5, 5.41) is 3.57. The number of nitrogens with zero attached hydrogens (tertiary/aromatic N) is 3. The first-order chi connectivity index (χ1) is 16.2. The van der Waals surface area contributed by atoms with Crippen LogP contribution in [0.4, 0.5) is 5.69 Å². The summed E-state index contributed by atoms with van der Waals surface area (Å²) in [4.78, 5) is 21.0. The molecule has 33 heavy (non-hydrogen) atoms. The lowest BCUT2D eigenvalue weighted by molar-refractivity contribution is -0.127. The number of carbonyl (C=O) groups is 1. The topological polar surface area (TPSA) is 57.2 Å². The Morgan fingerprint density at radius 1 is 1.12 bits per heavy atom. The van der Waals surface area contributed by atoms with E-state index in [0.717, 1.165) is 62.6 Å². The first kappa shape index (κ1) is 21.8. The van der Waals surface area contributed by atoms with Crippen molar-refractivity contribution in [3.8, 4) is 5.75 Å². The summed E-state index contributed by atoms with van der Waals surface area (Å²) in [6, 6.07) is 16.9. The first-order valence-electron chi connectivity index (χ1n) is 12.3. The summed E-state index contributed by atoms with van der Waals surface area (Å²) in [7, 11) is 1.85. The fourth-order valence-electron chi connectivity index (χ4n) is 5.10. The SMILES string of the molecule is CN=C(NCc1ccccc1OC1CCC1)N1CC(CCN2CCCC2=O)c2ccccc21. The molecule has 2 aromatic rings. The van der Waals surface area contributed by atoms with Gasteiger partial charge in [-0.05, 0) is 49.8 Å². The molecule has 0 aromatic heterocycles. The van der Waals surface area contributed by atoms with E-state index in [0.29, 0.717) is 30.9 Å². The molecule has 2 fully saturated rings. The number of anilines is 1. The number of guanidine groups is 1. The standard InChI is InChI=1S/C27H34N4O2/c1-28-27(29-18-20-8-2-5-13-25(20)33-22-9-6-10-22)31-19-21(23-11-3-4-12-24(23)31)15-17-30-16-7-14-26(30)32/h2-5,8,11-13,21-22H,6-7,9-10,14-19H2,1H3,(H,28,29). The van der Waals surface area contributed by atoms with E-state index in [1.165, 1.54) is 17.7 Å². The number of carbonyl (C=O) groups excluding carboxylic acids is 1.